The van der Waals surface area contributed by atoms with Crippen LogP contribution < -0.4 is 16.2 Å². The van der Waals surface area contributed by atoms with E-state index in [4.69, 9.17) is 0 Å². The van der Waals surface area contributed by atoms with Crippen molar-refractivity contribution < 1.29 is 9.59 Å². The van der Waals surface area contributed by atoms with Crippen molar-refractivity contribution in [2.24, 2.45) is 0 Å². The van der Waals surface area contributed by atoms with Crippen LogP contribution in [0.15, 0.2) is 24.3 Å². The molecule has 0 aromatic heterocycles. The van der Waals surface area contributed by atoms with E-state index >= 15 is 0 Å². The fourth-order valence-electron chi connectivity index (χ4n) is 3.28. The molecule has 5 nitrogen and oxygen atoms in total. The Morgan fingerprint density at radius 2 is 1.21 bits per heavy atom. The van der Waals surface area contributed by atoms with Gasteiger partial charge in [0.1, 0.15) is 0 Å². The molecule has 1 aromatic rings. The Morgan fingerprint density at radius 3 is 1.71 bits per heavy atom. The van der Waals surface area contributed by atoms with Crippen LogP contribution in [-0.4, -0.2) is 12.3 Å². The van der Waals surface area contributed by atoms with Crippen molar-refractivity contribution in [1.29, 1.82) is 0 Å². The van der Waals surface area contributed by atoms with Crippen LogP contribution in [-0.2, 0) is 9.59 Å². The maximum Gasteiger partial charge on any atom is 0.225 e. The van der Waals surface area contributed by atoms with Crippen LogP contribution in [0.2, 0.25) is 0 Å². The Balaban J connectivity index is 1.93. The summed E-state index contributed by atoms with van der Waals surface area (Å²) in [6.45, 7) is 2.26. The van der Waals surface area contributed by atoms with Crippen molar-refractivity contribution in [1.82, 2.24) is 5.43 Å². The zero-order chi connectivity index (χ0) is 20.3. The molecular weight excluding hydrogens is 350 g/mol. The van der Waals surface area contributed by atoms with Crippen molar-refractivity contribution in [3.8, 4) is 0 Å². The van der Waals surface area contributed by atoms with Gasteiger partial charge in [-0.05, 0) is 30.7 Å². The highest BCUT2D eigenvalue weighted by Gasteiger charge is 2.02. The SMILES string of the molecule is CCCCCCCCCCCCCCCC(=O)Nc1ccc(NNC=O)cc1. The molecule has 0 aliphatic heterocycles. The number of anilines is 2. The van der Waals surface area contributed by atoms with Gasteiger partial charge >= 0.3 is 0 Å². The molecule has 3 N–H and O–H groups in total. The standard InChI is InChI=1S/C23H39N3O2/c1-2-3-4-5-6-7-8-9-10-11-12-13-14-15-23(28)25-21-16-18-22(19-17-21)26-24-20-27/h16-20,26H,2-15H2,1H3,(H,24,27)(H,25,28). The lowest BCUT2D eigenvalue weighted by molar-refractivity contribution is -0.116. The first-order valence-corrected chi connectivity index (χ1v) is 11.1. The molecule has 0 aliphatic carbocycles. The number of nitrogens with one attached hydrogen (secondary N) is 3. The molecule has 28 heavy (non-hydrogen) atoms. The second kappa shape index (κ2) is 17.1. The molecule has 158 valence electrons. The summed E-state index contributed by atoms with van der Waals surface area (Å²) >= 11 is 0. The number of rotatable bonds is 18. The Labute approximate surface area is 171 Å². The van der Waals surface area contributed by atoms with Crippen LogP contribution >= 0.6 is 0 Å². The smallest absolute Gasteiger partial charge is 0.225 e. The number of amides is 2. The summed E-state index contributed by atoms with van der Waals surface area (Å²) in [7, 11) is 0. The van der Waals surface area contributed by atoms with Crippen LogP contribution in [0, 0.1) is 0 Å². The molecule has 5 heteroatoms. The van der Waals surface area contributed by atoms with Crippen molar-refractivity contribution >= 4 is 23.7 Å². The number of unbranched alkanes of at least 4 members (excludes halogenated alkanes) is 12. The first-order chi connectivity index (χ1) is 13.8. The Hall–Kier alpha value is -2.04. The highest BCUT2D eigenvalue weighted by Crippen LogP contribution is 2.15. The van der Waals surface area contributed by atoms with Gasteiger partial charge in [0.05, 0.1) is 5.69 Å². The van der Waals surface area contributed by atoms with E-state index in [1.807, 2.05) is 12.1 Å². The average molecular weight is 390 g/mol. The van der Waals surface area contributed by atoms with Gasteiger partial charge < -0.3 is 5.32 Å². The van der Waals surface area contributed by atoms with Gasteiger partial charge in [0.2, 0.25) is 12.3 Å². The molecule has 1 aromatic carbocycles. The minimum absolute atomic E-state index is 0.0646. The van der Waals surface area contributed by atoms with Gasteiger partial charge in [-0.1, -0.05) is 84.0 Å². The minimum Gasteiger partial charge on any atom is -0.326 e. The third-order valence-electron chi connectivity index (χ3n) is 4.95. The van der Waals surface area contributed by atoms with E-state index in [0.29, 0.717) is 12.8 Å². The van der Waals surface area contributed by atoms with E-state index in [-0.39, 0.29) is 5.91 Å². The van der Waals surface area contributed by atoms with Gasteiger partial charge in [-0.3, -0.25) is 20.4 Å². The molecule has 0 radical (unpaired) electrons. The second-order valence-electron chi connectivity index (χ2n) is 7.51. The lowest BCUT2D eigenvalue weighted by Gasteiger charge is -2.07. The Bertz CT molecular complexity index is 517. The number of carbonyl (C=O) groups excluding carboxylic acids is 2. The summed E-state index contributed by atoms with van der Waals surface area (Å²) in [5.41, 5.74) is 6.64. The highest BCUT2D eigenvalue weighted by atomic mass is 16.1. The molecule has 0 spiro atoms. The maximum absolute atomic E-state index is 12.0. The molecule has 0 saturated heterocycles. The zero-order valence-corrected chi connectivity index (χ0v) is 17.6. The monoisotopic (exact) mass is 389 g/mol. The van der Waals surface area contributed by atoms with Crippen LogP contribution in [0.3, 0.4) is 0 Å². The molecule has 0 heterocycles. The summed E-state index contributed by atoms with van der Waals surface area (Å²) in [6, 6.07) is 7.24. The van der Waals surface area contributed by atoms with Gasteiger partial charge in [-0.15, -0.1) is 0 Å². The predicted octanol–water partition coefficient (Wildman–Crippen LogP) is 6.18. The number of benzene rings is 1. The highest BCUT2D eigenvalue weighted by molar-refractivity contribution is 5.90. The lowest BCUT2D eigenvalue weighted by Crippen LogP contribution is -2.18. The van der Waals surface area contributed by atoms with Crippen LogP contribution in [0.25, 0.3) is 0 Å². The molecule has 0 unspecified atom stereocenters. The summed E-state index contributed by atoms with van der Waals surface area (Å²) < 4.78 is 0. The van der Waals surface area contributed by atoms with Crippen LogP contribution in [0.1, 0.15) is 96.8 Å². The van der Waals surface area contributed by atoms with Gasteiger partial charge in [-0.2, -0.15) is 0 Å². The second-order valence-corrected chi connectivity index (χ2v) is 7.51. The fourth-order valence-corrected chi connectivity index (χ4v) is 3.28. The fraction of sp³-hybridized carbons (Fsp3) is 0.652. The molecule has 2 amide bonds. The van der Waals surface area contributed by atoms with E-state index in [0.717, 1.165) is 24.2 Å². The Kier molecular flexibility index (Phi) is 14.6. The number of carbonyl (C=O) groups is 2. The van der Waals surface area contributed by atoms with Crippen molar-refractivity contribution in [2.45, 2.75) is 96.8 Å². The summed E-state index contributed by atoms with van der Waals surface area (Å²) in [5, 5.41) is 2.91. The van der Waals surface area contributed by atoms with E-state index < -0.39 is 0 Å². The summed E-state index contributed by atoms with van der Waals surface area (Å²) in [6.07, 6.45) is 18.2. The van der Waals surface area contributed by atoms with Gasteiger partial charge in [-0.25, -0.2) is 0 Å². The zero-order valence-electron chi connectivity index (χ0n) is 17.6. The van der Waals surface area contributed by atoms with E-state index in [1.54, 1.807) is 12.1 Å². The van der Waals surface area contributed by atoms with Gasteiger partial charge in [0.25, 0.3) is 0 Å². The van der Waals surface area contributed by atoms with Crippen molar-refractivity contribution in [3.05, 3.63) is 24.3 Å². The molecule has 0 fully saturated rings. The third kappa shape index (κ3) is 13.2. The molecule has 1 rings (SSSR count). The third-order valence-corrected chi connectivity index (χ3v) is 4.95. The molecule has 0 saturated carbocycles. The van der Waals surface area contributed by atoms with E-state index in [2.05, 4.69) is 23.1 Å². The average Bonchev–Trinajstić information content (AvgIpc) is 2.71. The molecule has 0 atom stereocenters. The topological polar surface area (TPSA) is 70.2 Å². The van der Waals surface area contributed by atoms with E-state index in [1.165, 1.54) is 70.6 Å². The number of hydrogen-bond acceptors (Lipinski definition) is 3. The van der Waals surface area contributed by atoms with Gasteiger partial charge in [0.15, 0.2) is 0 Å². The molecular formula is C23H39N3O2. The maximum atomic E-state index is 12.0. The predicted molar refractivity (Wildman–Crippen MR) is 118 cm³/mol. The lowest BCUT2D eigenvalue weighted by atomic mass is 10.0. The van der Waals surface area contributed by atoms with Crippen molar-refractivity contribution in [2.75, 3.05) is 10.7 Å². The first kappa shape index (κ1) is 24.0. The Morgan fingerprint density at radius 1 is 0.750 bits per heavy atom. The van der Waals surface area contributed by atoms with E-state index in [9.17, 15) is 9.59 Å². The van der Waals surface area contributed by atoms with Gasteiger partial charge in [0, 0.05) is 12.1 Å². The minimum atomic E-state index is 0.0646. The largest absolute Gasteiger partial charge is 0.326 e. The molecule has 0 bridgehead atoms. The van der Waals surface area contributed by atoms with Crippen molar-refractivity contribution in [3.63, 3.8) is 0 Å². The number of hydrogen-bond donors (Lipinski definition) is 3. The number of hydrazine groups is 1. The summed E-state index contributed by atoms with van der Waals surface area (Å²) in [4.78, 5) is 22.2. The van der Waals surface area contributed by atoms with Crippen LogP contribution in [0.4, 0.5) is 11.4 Å². The normalized spacial score (nSPS) is 10.5. The first-order valence-electron chi connectivity index (χ1n) is 11.1. The molecule has 0 aliphatic rings. The quantitative estimate of drug-likeness (QED) is 0.159. The van der Waals surface area contributed by atoms with Crippen LogP contribution in [0.5, 0.6) is 0 Å². The summed E-state index contributed by atoms with van der Waals surface area (Å²) in [5.74, 6) is 0.0646.